The fourth-order valence-corrected chi connectivity index (χ4v) is 1.87. The number of nitro benzene ring substituents is 1. The molecule has 0 heterocycles. The first-order chi connectivity index (χ1) is 7.22. The standard InChI is InChI=1S/C7H2BrF4NO2S/c8-3-1-2-4(16-7(10,11)12)6(5(3)9)13(14)15/h1-2H. The summed E-state index contributed by atoms with van der Waals surface area (Å²) >= 11 is 1.93. The predicted octanol–water partition coefficient (Wildman–Crippen LogP) is 4.11. The molecule has 0 fully saturated rings. The maximum atomic E-state index is 13.2. The number of nitrogens with zero attached hydrogens (tertiary/aromatic N) is 1. The van der Waals surface area contributed by atoms with Crippen molar-refractivity contribution in [1.29, 1.82) is 0 Å². The van der Waals surface area contributed by atoms with Gasteiger partial charge in [0.05, 0.1) is 14.3 Å². The number of thioether (sulfide) groups is 1. The molecular formula is C7H2BrF4NO2S. The van der Waals surface area contributed by atoms with Crippen molar-refractivity contribution < 1.29 is 22.5 Å². The van der Waals surface area contributed by atoms with Crippen molar-refractivity contribution in [3.63, 3.8) is 0 Å². The average molecular weight is 320 g/mol. The highest BCUT2D eigenvalue weighted by atomic mass is 79.9. The highest BCUT2D eigenvalue weighted by Crippen LogP contribution is 2.43. The van der Waals surface area contributed by atoms with Gasteiger partial charge >= 0.3 is 11.2 Å². The Labute approximate surface area is 99.1 Å². The molecule has 0 saturated carbocycles. The van der Waals surface area contributed by atoms with Crippen LogP contribution in [-0.2, 0) is 0 Å². The summed E-state index contributed by atoms with van der Waals surface area (Å²) in [4.78, 5) is 8.48. The first-order valence-electron chi connectivity index (χ1n) is 3.60. The number of rotatable bonds is 2. The zero-order chi connectivity index (χ0) is 12.5. The number of hydrogen-bond donors (Lipinski definition) is 0. The van der Waals surface area contributed by atoms with Gasteiger partial charge in [0.2, 0.25) is 5.82 Å². The van der Waals surface area contributed by atoms with Crippen LogP contribution in [0, 0.1) is 15.9 Å². The van der Waals surface area contributed by atoms with Crippen molar-refractivity contribution in [2.75, 3.05) is 0 Å². The van der Waals surface area contributed by atoms with E-state index < -0.39 is 38.6 Å². The van der Waals surface area contributed by atoms with Gasteiger partial charge in [-0.2, -0.15) is 17.6 Å². The maximum Gasteiger partial charge on any atom is 0.446 e. The van der Waals surface area contributed by atoms with Gasteiger partial charge in [-0.3, -0.25) is 10.1 Å². The fraction of sp³-hybridized carbons (Fsp3) is 0.143. The van der Waals surface area contributed by atoms with Crippen molar-refractivity contribution in [2.24, 2.45) is 0 Å². The molecule has 1 rings (SSSR count). The maximum absolute atomic E-state index is 13.2. The van der Waals surface area contributed by atoms with E-state index in [4.69, 9.17) is 0 Å². The molecule has 9 heteroatoms. The van der Waals surface area contributed by atoms with Crippen molar-refractivity contribution >= 4 is 33.4 Å². The van der Waals surface area contributed by atoms with Crippen LogP contribution in [0.1, 0.15) is 0 Å². The van der Waals surface area contributed by atoms with Crippen LogP contribution in [0.3, 0.4) is 0 Å². The minimum atomic E-state index is -4.70. The molecule has 16 heavy (non-hydrogen) atoms. The van der Waals surface area contributed by atoms with Gasteiger partial charge < -0.3 is 0 Å². The van der Waals surface area contributed by atoms with E-state index in [1.54, 1.807) is 0 Å². The smallest absolute Gasteiger partial charge is 0.258 e. The van der Waals surface area contributed by atoms with E-state index in [0.717, 1.165) is 12.1 Å². The molecule has 0 aromatic heterocycles. The normalized spacial score (nSPS) is 11.6. The number of halogens is 5. The molecule has 0 saturated heterocycles. The van der Waals surface area contributed by atoms with Gasteiger partial charge in [0.1, 0.15) is 0 Å². The van der Waals surface area contributed by atoms with Crippen LogP contribution >= 0.6 is 27.7 Å². The molecule has 0 aliphatic heterocycles. The van der Waals surface area contributed by atoms with E-state index in [9.17, 15) is 27.7 Å². The fourth-order valence-electron chi connectivity index (χ4n) is 0.899. The van der Waals surface area contributed by atoms with Crippen molar-refractivity contribution in [3.05, 3.63) is 32.5 Å². The Balaban J connectivity index is 3.29. The largest absolute Gasteiger partial charge is 0.446 e. The van der Waals surface area contributed by atoms with Gasteiger partial charge in [0.15, 0.2) is 0 Å². The molecule has 88 valence electrons. The number of nitro groups is 1. The lowest BCUT2D eigenvalue weighted by Crippen LogP contribution is -2.03. The van der Waals surface area contributed by atoms with E-state index in [1.165, 1.54) is 0 Å². The van der Waals surface area contributed by atoms with Crippen molar-refractivity contribution in [1.82, 2.24) is 0 Å². The Morgan fingerprint density at radius 1 is 1.38 bits per heavy atom. The SMILES string of the molecule is O=[N+]([O-])c1c(SC(F)(F)F)ccc(Br)c1F. The number of hydrogen-bond acceptors (Lipinski definition) is 3. The van der Waals surface area contributed by atoms with Crippen LogP contribution in [0.15, 0.2) is 21.5 Å². The van der Waals surface area contributed by atoms with E-state index in [2.05, 4.69) is 15.9 Å². The highest BCUT2D eigenvalue weighted by Gasteiger charge is 2.35. The van der Waals surface area contributed by atoms with Crippen LogP contribution in [0.2, 0.25) is 0 Å². The summed E-state index contributed by atoms with van der Waals surface area (Å²) in [5, 5.41) is 10.4. The van der Waals surface area contributed by atoms with Crippen molar-refractivity contribution in [2.45, 2.75) is 10.4 Å². The molecule has 1 aromatic carbocycles. The molecule has 0 bridgehead atoms. The summed E-state index contributed by atoms with van der Waals surface area (Å²) in [6.45, 7) is 0. The molecule has 3 nitrogen and oxygen atoms in total. The zero-order valence-electron chi connectivity index (χ0n) is 7.22. The van der Waals surface area contributed by atoms with Crippen LogP contribution in [-0.4, -0.2) is 10.4 Å². The average Bonchev–Trinajstić information content (AvgIpc) is 2.08. The first-order valence-corrected chi connectivity index (χ1v) is 5.21. The second kappa shape index (κ2) is 4.58. The van der Waals surface area contributed by atoms with Gasteiger partial charge in [-0.05, 0) is 39.8 Å². The monoisotopic (exact) mass is 319 g/mol. The van der Waals surface area contributed by atoms with E-state index >= 15 is 0 Å². The van der Waals surface area contributed by atoms with E-state index in [-0.39, 0.29) is 4.47 Å². The second-order valence-corrected chi connectivity index (χ2v) is 4.47. The third kappa shape index (κ3) is 3.08. The molecular weight excluding hydrogens is 318 g/mol. The Kier molecular flexibility index (Phi) is 3.79. The van der Waals surface area contributed by atoms with Crippen LogP contribution in [0.4, 0.5) is 23.2 Å². The second-order valence-electron chi connectivity index (χ2n) is 2.51. The summed E-state index contributed by atoms with van der Waals surface area (Å²) in [5.74, 6) is -1.32. The molecule has 0 amide bonds. The van der Waals surface area contributed by atoms with Crippen LogP contribution < -0.4 is 0 Å². The first kappa shape index (κ1) is 13.2. The predicted molar refractivity (Wildman–Crippen MR) is 52.7 cm³/mol. The third-order valence-electron chi connectivity index (χ3n) is 1.44. The van der Waals surface area contributed by atoms with E-state index in [1.807, 2.05) is 0 Å². The summed E-state index contributed by atoms with van der Waals surface area (Å²) in [6, 6.07) is 1.82. The minimum absolute atomic E-state index is 0.259. The quantitative estimate of drug-likeness (QED) is 0.356. The lowest BCUT2D eigenvalue weighted by molar-refractivity contribution is -0.390. The Hall–Kier alpha value is -0.830. The summed E-state index contributed by atoms with van der Waals surface area (Å²) in [5.41, 5.74) is -5.89. The summed E-state index contributed by atoms with van der Waals surface area (Å²) in [7, 11) is 0. The molecule has 0 spiro atoms. The molecule has 0 atom stereocenters. The van der Waals surface area contributed by atoms with Gasteiger partial charge in [-0.25, -0.2) is 0 Å². The topological polar surface area (TPSA) is 43.1 Å². The van der Waals surface area contributed by atoms with Gasteiger partial charge in [-0.1, -0.05) is 0 Å². The zero-order valence-corrected chi connectivity index (χ0v) is 9.62. The third-order valence-corrected chi connectivity index (χ3v) is 2.83. The summed E-state index contributed by atoms with van der Waals surface area (Å²) in [6.07, 6.45) is 0. The Morgan fingerprint density at radius 2 is 1.94 bits per heavy atom. The molecule has 1 aromatic rings. The van der Waals surface area contributed by atoms with Crippen LogP contribution in [0.25, 0.3) is 0 Å². The molecule has 0 unspecified atom stereocenters. The summed E-state index contributed by atoms with van der Waals surface area (Å²) < 4.78 is 49.0. The highest BCUT2D eigenvalue weighted by molar-refractivity contribution is 9.10. The van der Waals surface area contributed by atoms with Gasteiger partial charge in [0, 0.05) is 0 Å². The van der Waals surface area contributed by atoms with E-state index in [0.29, 0.717) is 0 Å². The Bertz CT molecular complexity index is 437. The Morgan fingerprint density at radius 3 is 2.38 bits per heavy atom. The molecule has 0 aliphatic rings. The number of benzene rings is 1. The molecule has 0 aliphatic carbocycles. The molecule has 0 N–H and O–H groups in total. The molecule has 0 radical (unpaired) electrons. The van der Waals surface area contributed by atoms with Gasteiger partial charge in [0.25, 0.3) is 0 Å². The van der Waals surface area contributed by atoms with Gasteiger partial charge in [-0.15, -0.1) is 0 Å². The lowest BCUT2D eigenvalue weighted by Gasteiger charge is -2.07. The lowest BCUT2D eigenvalue weighted by atomic mass is 10.3. The minimum Gasteiger partial charge on any atom is -0.258 e. The van der Waals surface area contributed by atoms with Crippen molar-refractivity contribution in [3.8, 4) is 0 Å². The van der Waals surface area contributed by atoms with Crippen LogP contribution in [0.5, 0.6) is 0 Å². The number of alkyl halides is 3.